The molecule has 3 rings (SSSR count). The van der Waals surface area contributed by atoms with Crippen LogP contribution in [0.4, 0.5) is 0 Å². The van der Waals surface area contributed by atoms with Gasteiger partial charge in [-0.3, -0.25) is 4.79 Å². The summed E-state index contributed by atoms with van der Waals surface area (Å²) in [6.07, 6.45) is 1.27. The topological polar surface area (TPSA) is 35.5 Å². The van der Waals surface area contributed by atoms with Crippen molar-refractivity contribution in [3.63, 3.8) is 0 Å². The maximum Gasteiger partial charge on any atom is 0.167 e. The molecule has 2 aromatic rings. The smallest absolute Gasteiger partial charge is 0.167 e. The Morgan fingerprint density at radius 1 is 1.05 bits per heavy atom. The normalized spacial score (nSPS) is 13.6. The molecule has 0 bridgehead atoms. The van der Waals surface area contributed by atoms with Crippen LogP contribution in [0.25, 0.3) is 0 Å². The number of ketones is 1. The quantitative estimate of drug-likeness (QED) is 0.807. The summed E-state index contributed by atoms with van der Waals surface area (Å²) in [4.78, 5) is 12.4. The standard InChI is InChI=1S/C18H18O3/c1-13-5-2-3-6-14(13)11-16(19)15-7-8-17-18(12-15)21-10-4-9-20-17/h2-3,5-8,12H,4,9-11H2,1H3. The number of ether oxygens (including phenoxy) is 2. The van der Waals surface area contributed by atoms with Gasteiger partial charge in [0.2, 0.25) is 0 Å². The van der Waals surface area contributed by atoms with Crippen molar-refractivity contribution >= 4 is 5.78 Å². The molecular weight excluding hydrogens is 264 g/mol. The molecule has 0 fully saturated rings. The van der Waals surface area contributed by atoms with Gasteiger partial charge in [0.25, 0.3) is 0 Å². The molecule has 1 aliphatic rings. The first-order valence-electron chi connectivity index (χ1n) is 7.21. The first-order valence-corrected chi connectivity index (χ1v) is 7.21. The molecule has 1 heterocycles. The Morgan fingerprint density at radius 2 is 1.81 bits per heavy atom. The lowest BCUT2D eigenvalue weighted by Gasteiger charge is -2.09. The molecule has 0 aromatic heterocycles. The Hall–Kier alpha value is -2.29. The van der Waals surface area contributed by atoms with Gasteiger partial charge in [-0.15, -0.1) is 0 Å². The highest BCUT2D eigenvalue weighted by atomic mass is 16.5. The van der Waals surface area contributed by atoms with Crippen LogP contribution in [0.15, 0.2) is 42.5 Å². The van der Waals surface area contributed by atoms with Gasteiger partial charge in [0.15, 0.2) is 17.3 Å². The molecule has 3 heteroatoms. The highest BCUT2D eigenvalue weighted by Gasteiger charge is 2.14. The molecule has 0 aliphatic carbocycles. The first kappa shape index (κ1) is 13.7. The number of hydrogen-bond acceptors (Lipinski definition) is 3. The molecule has 1 aliphatic heterocycles. The van der Waals surface area contributed by atoms with Crippen molar-refractivity contribution < 1.29 is 14.3 Å². The summed E-state index contributed by atoms with van der Waals surface area (Å²) in [6.45, 7) is 3.31. The molecule has 21 heavy (non-hydrogen) atoms. The Kier molecular flexibility index (Phi) is 3.91. The molecular formula is C18H18O3. The molecule has 108 valence electrons. The Labute approximate surface area is 124 Å². The van der Waals surface area contributed by atoms with E-state index in [1.807, 2.05) is 43.3 Å². The van der Waals surface area contributed by atoms with E-state index in [9.17, 15) is 4.79 Å². The van der Waals surface area contributed by atoms with Crippen LogP contribution in [0.1, 0.15) is 27.9 Å². The zero-order valence-electron chi connectivity index (χ0n) is 12.1. The Morgan fingerprint density at radius 3 is 2.62 bits per heavy atom. The summed E-state index contributed by atoms with van der Waals surface area (Å²) in [6, 6.07) is 13.4. The van der Waals surface area contributed by atoms with Crippen molar-refractivity contribution in [3.05, 3.63) is 59.2 Å². The summed E-state index contributed by atoms with van der Waals surface area (Å²) >= 11 is 0. The van der Waals surface area contributed by atoms with E-state index in [1.165, 1.54) is 0 Å². The summed E-state index contributed by atoms with van der Waals surface area (Å²) in [7, 11) is 0. The van der Waals surface area contributed by atoms with Gasteiger partial charge in [-0.1, -0.05) is 24.3 Å². The van der Waals surface area contributed by atoms with Gasteiger partial charge in [0.05, 0.1) is 13.2 Å². The minimum atomic E-state index is 0.0972. The third-order valence-corrected chi connectivity index (χ3v) is 3.68. The van der Waals surface area contributed by atoms with Gasteiger partial charge in [-0.25, -0.2) is 0 Å². The van der Waals surface area contributed by atoms with Gasteiger partial charge < -0.3 is 9.47 Å². The maximum absolute atomic E-state index is 12.4. The lowest BCUT2D eigenvalue weighted by atomic mass is 9.99. The number of hydrogen-bond donors (Lipinski definition) is 0. The molecule has 0 atom stereocenters. The van der Waals surface area contributed by atoms with Crippen LogP contribution in [0, 0.1) is 6.92 Å². The maximum atomic E-state index is 12.4. The van der Waals surface area contributed by atoms with Crippen LogP contribution >= 0.6 is 0 Å². The second kappa shape index (κ2) is 6.00. The number of aryl methyl sites for hydroxylation is 1. The van der Waals surface area contributed by atoms with Crippen LogP contribution in [-0.2, 0) is 6.42 Å². The monoisotopic (exact) mass is 282 g/mol. The zero-order chi connectivity index (χ0) is 14.7. The fourth-order valence-electron chi connectivity index (χ4n) is 2.42. The van der Waals surface area contributed by atoms with Gasteiger partial charge >= 0.3 is 0 Å². The van der Waals surface area contributed by atoms with Crippen LogP contribution in [0.3, 0.4) is 0 Å². The number of Topliss-reactive ketones (excluding diaryl/α,β-unsaturated/α-hetero) is 1. The van der Waals surface area contributed by atoms with Gasteiger partial charge in [0, 0.05) is 18.4 Å². The van der Waals surface area contributed by atoms with E-state index in [2.05, 4.69) is 0 Å². The minimum Gasteiger partial charge on any atom is -0.490 e. The number of carbonyl (C=O) groups excluding carboxylic acids is 1. The summed E-state index contributed by atoms with van der Waals surface area (Å²) in [5.41, 5.74) is 2.87. The second-order valence-corrected chi connectivity index (χ2v) is 5.24. The SMILES string of the molecule is Cc1ccccc1CC(=O)c1ccc2c(c1)OCCCO2. The molecule has 0 saturated heterocycles. The van der Waals surface area contributed by atoms with E-state index in [-0.39, 0.29) is 5.78 Å². The number of fused-ring (bicyclic) bond motifs is 1. The van der Waals surface area contributed by atoms with E-state index in [1.54, 1.807) is 6.07 Å². The third-order valence-electron chi connectivity index (χ3n) is 3.68. The van der Waals surface area contributed by atoms with E-state index in [0.29, 0.717) is 30.9 Å². The molecule has 0 radical (unpaired) electrons. The molecule has 0 saturated carbocycles. The summed E-state index contributed by atoms with van der Waals surface area (Å²) < 4.78 is 11.2. The Bertz CT molecular complexity index is 661. The van der Waals surface area contributed by atoms with Crippen molar-refractivity contribution in [2.45, 2.75) is 19.8 Å². The van der Waals surface area contributed by atoms with Crippen LogP contribution in [0.2, 0.25) is 0 Å². The second-order valence-electron chi connectivity index (χ2n) is 5.24. The zero-order valence-corrected chi connectivity index (χ0v) is 12.1. The van der Waals surface area contributed by atoms with Crippen molar-refractivity contribution in [1.82, 2.24) is 0 Å². The van der Waals surface area contributed by atoms with E-state index in [0.717, 1.165) is 23.3 Å². The number of benzene rings is 2. The molecule has 2 aromatic carbocycles. The lowest BCUT2D eigenvalue weighted by molar-refractivity contribution is 0.0992. The predicted octanol–water partition coefficient (Wildman–Crippen LogP) is 3.58. The predicted molar refractivity (Wildman–Crippen MR) is 81.3 cm³/mol. The highest BCUT2D eigenvalue weighted by molar-refractivity contribution is 5.98. The first-order chi connectivity index (χ1) is 10.2. The van der Waals surface area contributed by atoms with Crippen molar-refractivity contribution in [2.75, 3.05) is 13.2 Å². The van der Waals surface area contributed by atoms with Crippen LogP contribution in [0.5, 0.6) is 11.5 Å². The highest BCUT2D eigenvalue weighted by Crippen LogP contribution is 2.30. The lowest BCUT2D eigenvalue weighted by Crippen LogP contribution is -2.05. The average Bonchev–Trinajstić information content (AvgIpc) is 2.74. The third kappa shape index (κ3) is 3.07. The van der Waals surface area contributed by atoms with Crippen LogP contribution in [-0.4, -0.2) is 19.0 Å². The number of rotatable bonds is 3. The van der Waals surface area contributed by atoms with E-state index < -0.39 is 0 Å². The van der Waals surface area contributed by atoms with Crippen molar-refractivity contribution in [2.24, 2.45) is 0 Å². The summed E-state index contributed by atoms with van der Waals surface area (Å²) in [5.74, 6) is 1.49. The molecule has 0 N–H and O–H groups in total. The Balaban J connectivity index is 1.82. The van der Waals surface area contributed by atoms with Crippen molar-refractivity contribution in [3.8, 4) is 11.5 Å². The molecule has 0 unspecified atom stereocenters. The minimum absolute atomic E-state index is 0.0972. The molecule has 3 nitrogen and oxygen atoms in total. The largest absolute Gasteiger partial charge is 0.490 e. The van der Waals surface area contributed by atoms with Crippen LogP contribution < -0.4 is 9.47 Å². The van der Waals surface area contributed by atoms with E-state index >= 15 is 0 Å². The van der Waals surface area contributed by atoms with Gasteiger partial charge in [-0.2, -0.15) is 0 Å². The van der Waals surface area contributed by atoms with Gasteiger partial charge in [0.1, 0.15) is 0 Å². The van der Waals surface area contributed by atoms with Crippen molar-refractivity contribution in [1.29, 1.82) is 0 Å². The van der Waals surface area contributed by atoms with Gasteiger partial charge in [-0.05, 0) is 36.2 Å². The molecule has 0 spiro atoms. The summed E-state index contributed by atoms with van der Waals surface area (Å²) in [5, 5.41) is 0. The fraction of sp³-hybridized carbons (Fsp3) is 0.278. The average molecular weight is 282 g/mol. The molecule has 0 amide bonds. The van der Waals surface area contributed by atoms with E-state index in [4.69, 9.17) is 9.47 Å². The fourth-order valence-corrected chi connectivity index (χ4v) is 2.42. The number of carbonyl (C=O) groups is 1.